The number of nitrogens with zero attached hydrogens (tertiary/aromatic N) is 1. The smallest absolute Gasteiger partial charge is 0.134 e. The van der Waals surface area contributed by atoms with Crippen molar-refractivity contribution in [3.05, 3.63) is 48.4 Å². The molecule has 3 atom stereocenters. The highest BCUT2D eigenvalue weighted by molar-refractivity contribution is 5.96. The van der Waals surface area contributed by atoms with E-state index in [9.17, 15) is 0 Å². The van der Waals surface area contributed by atoms with Gasteiger partial charge in [0.25, 0.3) is 0 Å². The number of H-pyrrole nitrogens is 1. The van der Waals surface area contributed by atoms with Crippen LogP contribution in [-0.2, 0) is 0 Å². The number of benzene rings is 1. The molecule has 4 rings (SSSR count). The summed E-state index contributed by atoms with van der Waals surface area (Å²) >= 11 is 0. The fourth-order valence-corrected chi connectivity index (χ4v) is 5.13. The van der Waals surface area contributed by atoms with Crippen molar-refractivity contribution >= 4 is 10.9 Å². The van der Waals surface area contributed by atoms with E-state index in [0.717, 1.165) is 17.7 Å². The Kier molecular flexibility index (Phi) is 5.91. The summed E-state index contributed by atoms with van der Waals surface area (Å²) in [6.45, 7) is 9.62. The molecule has 0 radical (unpaired) electrons. The molecule has 0 spiro atoms. The molecule has 1 aliphatic rings. The van der Waals surface area contributed by atoms with E-state index in [1.54, 1.807) is 6.26 Å². The number of rotatable bonds is 7. The number of nitrogens with one attached hydrogen (secondary N) is 1. The molecule has 0 saturated carbocycles. The average molecular weight is 379 g/mol. The molecular formula is C25H34N2O. The molecule has 1 aliphatic heterocycles. The average Bonchev–Trinajstić information content (AvgIpc) is 3.38. The first-order valence-electron chi connectivity index (χ1n) is 11.1. The second-order valence-corrected chi connectivity index (χ2v) is 8.65. The largest absolute Gasteiger partial charge is 0.464 e. The number of fused-ring (bicyclic) bond motifs is 1. The molecule has 3 unspecified atom stereocenters. The van der Waals surface area contributed by atoms with Crippen molar-refractivity contribution in [3.8, 4) is 11.3 Å². The highest BCUT2D eigenvalue weighted by Gasteiger charge is 2.28. The van der Waals surface area contributed by atoms with Crippen LogP contribution in [0.15, 0.2) is 47.2 Å². The SMILES string of the molecule is CCCC1C(C)CCCN1CCC(C)c1c[nH]c2cccc(-c3ccco3)c12. The maximum Gasteiger partial charge on any atom is 0.134 e. The first-order valence-corrected chi connectivity index (χ1v) is 11.1. The van der Waals surface area contributed by atoms with Crippen molar-refractivity contribution in [3.63, 3.8) is 0 Å². The Balaban J connectivity index is 1.54. The van der Waals surface area contributed by atoms with Gasteiger partial charge in [0.05, 0.1) is 6.26 Å². The zero-order valence-electron chi connectivity index (χ0n) is 17.6. The van der Waals surface area contributed by atoms with Gasteiger partial charge in [-0.1, -0.05) is 39.3 Å². The minimum absolute atomic E-state index is 0.518. The normalized spacial score (nSPS) is 22.0. The Labute approximate surface area is 169 Å². The maximum atomic E-state index is 5.72. The van der Waals surface area contributed by atoms with Gasteiger partial charge in [0, 0.05) is 28.7 Å². The minimum Gasteiger partial charge on any atom is -0.464 e. The molecule has 3 heterocycles. The van der Waals surface area contributed by atoms with Gasteiger partial charge in [-0.15, -0.1) is 0 Å². The summed E-state index contributed by atoms with van der Waals surface area (Å²) in [4.78, 5) is 6.26. The predicted molar refractivity (Wildman–Crippen MR) is 118 cm³/mol. The van der Waals surface area contributed by atoms with Crippen molar-refractivity contribution in [2.75, 3.05) is 13.1 Å². The molecule has 3 aromatic rings. The van der Waals surface area contributed by atoms with Crippen LogP contribution in [0.1, 0.15) is 64.4 Å². The van der Waals surface area contributed by atoms with Crippen LogP contribution >= 0.6 is 0 Å². The van der Waals surface area contributed by atoms with Gasteiger partial charge in [0.2, 0.25) is 0 Å². The van der Waals surface area contributed by atoms with Crippen LogP contribution in [0.5, 0.6) is 0 Å². The van der Waals surface area contributed by atoms with Gasteiger partial charge in [0.15, 0.2) is 0 Å². The quantitative estimate of drug-likeness (QED) is 0.489. The van der Waals surface area contributed by atoms with Gasteiger partial charge >= 0.3 is 0 Å². The zero-order chi connectivity index (χ0) is 19.5. The van der Waals surface area contributed by atoms with Gasteiger partial charge in [-0.05, 0) is 74.4 Å². The molecule has 0 aliphatic carbocycles. The minimum atomic E-state index is 0.518. The predicted octanol–water partition coefficient (Wildman–Crippen LogP) is 6.82. The van der Waals surface area contributed by atoms with E-state index < -0.39 is 0 Å². The van der Waals surface area contributed by atoms with Gasteiger partial charge < -0.3 is 14.3 Å². The summed E-state index contributed by atoms with van der Waals surface area (Å²) in [5.41, 5.74) is 3.81. The van der Waals surface area contributed by atoms with E-state index in [-0.39, 0.29) is 0 Å². The second-order valence-electron chi connectivity index (χ2n) is 8.65. The van der Waals surface area contributed by atoms with Crippen LogP contribution in [0.2, 0.25) is 0 Å². The van der Waals surface area contributed by atoms with E-state index in [0.29, 0.717) is 5.92 Å². The summed E-state index contributed by atoms with van der Waals surface area (Å²) < 4.78 is 5.72. The summed E-state index contributed by atoms with van der Waals surface area (Å²) in [5, 5.41) is 1.32. The molecule has 3 nitrogen and oxygen atoms in total. The van der Waals surface area contributed by atoms with Gasteiger partial charge in [-0.25, -0.2) is 0 Å². The Hall–Kier alpha value is -2.00. The van der Waals surface area contributed by atoms with E-state index >= 15 is 0 Å². The van der Waals surface area contributed by atoms with Gasteiger partial charge in [-0.3, -0.25) is 0 Å². The Bertz CT molecular complexity index is 879. The van der Waals surface area contributed by atoms with E-state index in [1.807, 2.05) is 6.07 Å². The fraction of sp³-hybridized carbons (Fsp3) is 0.520. The zero-order valence-corrected chi connectivity index (χ0v) is 17.6. The first-order chi connectivity index (χ1) is 13.7. The van der Waals surface area contributed by atoms with Crippen molar-refractivity contribution < 1.29 is 4.42 Å². The van der Waals surface area contributed by atoms with E-state index in [4.69, 9.17) is 4.42 Å². The van der Waals surface area contributed by atoms with E-state index in [1.165, 1.54) is 67.2 Å². The Morgan fingerprint density at radius 1 is 1.25 bits per heavy atom. The molecule has 0 amide bonds. The standard InChI is InChI=1S/C25H34N2O/c1-4-8-23-19(3)9-6-14-27(23)15-13-18(2)21-17-26-22-11-5-10-20(25(21)22)24-12-7-16-28-24/h5,7,10-12,16-19,23,26H,4,6,8-9,13-15H2,1-3H3. The van der Waals surface area contributed by atoms with Crippen molar-refractivity contribution in [2.45, 2.75) is 64.8 Å². The monoisotopic (exact) mass is 378 g/mol. The van der Waals surface area contributed by atoms with Crippen LogP contribution in [-0.4, -0.2) is 29.0 Å². The van der Waals surface area contributed by atoms with Crippen molar-refractivity contribution in [2.24, 2.45) is 5.92 Å². The number of aromatic amines is 1. The van der Waals surface area contributed by atoms with E-state index in [2.05, 4.69) is 61.1 Å². The van der Waals surface area contributed by atoms with Crippen molar-refractivity contribution in [1.29, 1.82) is 0 Å². The van der Waals surface area contributed by atoms with Crippen LogP contribution in [0.25, 0.3) is 22.2 Å². The van der Waals surface area contributed by atoms with Crippen molar-refractivity contribution in [1.82, 2.24) is 9.88 Å². The van der Waals surface area contributed by atoms with Gasteiger partial charge in [-0.2, -0.15) is 0 Å². The number of furan rings is 1. The molecule has 2 aromatic heterocycles. The molecule has 1 fully saturated rings. The second kappa shape index (κ2) is 8.57. The molecule has 1 aromatic carbocycles. The molecule has 1 N–H and O–H groups in total. The molecule has 0 bridgehead atoms. The maximum absolute atomic E-state index is 5.72. The Morgan fingerprint density at radius 3 is 2.93 bits per heavy atom. The number of piperidine rings is 1. The topological polar surface area (TPSA) is 32.2 Å². The molecule has 150 valence electrons. The van der Waals surface area contributed by atoms with Crippen LogP contribution in [0.4, 0.5) is 0 Å². The molecule has 3 heteroatoms. The lowest BCUT2D eigenvalue weighted by molar-refractivity contribution is 0.0907. The highest BCUT2D eigenvalue weighted by Crippen LogP contribution is 2.36. The number of aromatic nitrogens is 1. The highest BCUT2D eigenvalue weighted by atomic mass is 16.3. The molecule has 28 heavy (non-hydrogen) atoms. The molecule has 1 saturated heterocycles. The van der Waals surface area contributed by atoms with Crippen LogP contribution in [0, 0.1) is 5.92 Å². The van der Waals surface area contributed by atoms with Gasteiger partial charge in [0.1, 0.15) is 5.76 Å². The summed E-state index contributed by atoms with van der Waals surface area (Å²) in [7, 11) is 0. The van der Waals surface area contributed by atoms with Crippen LogP contribution in [0.3, 0.4) is 0 Å². The number of hydrogen-bond acceptors (Lipinski definition) is 2. The summed E-state index contributed by atoms with van der Waals surface area (Å²) in [6.07, 6.45) is 10.5. The third-order valence-corrected chi connectivity index (χ3v) is 6.72. The lowest BCUT2D eigenvalue weighted by Gasteiger charge is -2.40. The molecular weight excluding hydrogens is 344 g/mol. The number of hydrogen-bond donors (Lipinski definition) is 1. The third-order valence-electron chi connectivity index (χ3n) is 6.72. The Morgan fingerprint density at radius 2 is 2.14 bits per heavy atom. The van der Waals surface area contributed by atoms with Crippen LogP contribution < -0.4 is 0 Å². The summed E-state index contributed by atoms with van der Waals surface area (Å²) in [6, 6.07) is 11.2. The summed E-state index contributed by atoms with van der Waals surface area (Å²) in [5.74, 6) is 2.30. The number of likely N-dealkylation sites (tertiary alicyclic amines) is 1. The third kappa shape index (κ3) is 3.77. The lowest BCUT2D eigenvalue weighted by atomic mass is 9.87. The fourth-order valence-electron chi connectivity index (χ4n) is 5.13. The first kappa shape index (κ1) is 19.3. The lowest BCUT2D eigenvalue weighted by Crippen LogP contribution is -2.44.